The van der Waals surface area contributed by atoms with Crippen LogP contribution >= 0.6 is 11.6 Å². The van der Waals surface area contributed by atoms with E-state index >= 15 is 0 Å². The Hall–Kier alpha value is -3.59. The number of aromatic nitrogens is 5. The maximum absolute atomic E-state index is 13.3. The molecule has 0 N–H and O–H groups in total. The molecule has 0 saturated carbocycles. The number of fused-ring (bicyclic) bond motifs is 1. The van der Waals surface area contributed by atoms with E-state index in [0.717, 1.165) is 0 Å². The fraction of sp³-hybridized carbons (Fsp3) is 0.190. The van der Waals surface area contributed by atoms with Gasteiger partial charge in [0.05, 0.1) is 5.69 Å². The molecule has 0 bridgehead atoms. The molecule has 10 heteroatoms. The fourth-order valence-electron chi connectivity index (χ4n) is 3.62. The quantitative estimate of drug-likeness (QED) is 0.490. The monoisotopic (exact) mass is 437 g/mol. The van der Waals surface area contributed by atoms with Crippen LogP contribution < -0.4 is 4.90 Å². The molecule has 31 heavy (non-hydrogen) atoms. The zero-order chi connectivity index (χ0) is 21.4. The molecule has 4 aromatic rings. The summed E-state index contributed by atoms with van der Waals surface area (Å²) in [6.07, 6.45) is 1.46. The number of amides is 1. The lowest BCUT2D eigenvalue weighted by molar-refractivity contribution is 0.0746. The van der Waals surface area contributed by atoms with E-state index in [1.807, 2.05) is 4.90 Å². The van der Waals surface area contributed by atoms with E-state index in [1.165, 1.54) is 18.5 Å². The van der Waals surface area contributed by atoms with Crippen molar-refractivity contribution in [2.75, 3.05) is 31.1 Å². The predicted octanol–water partition coefficient (Wildman–Crippen LogP) is 2.97. The average molecular weight is 438 g/mol. The van der Waals surface area contributed by atoms with Gasteiger partial charge in [0, 0.05) is 36.8 Å². The van der Waals surface area contributed by atoms with E-state index in [0.29, 0.717) is 59.4 Å². The molecule has 3 heterocycles. The second-order valence-corrected chi connectivity index (χ2v) is 7.57. The summed E-state index contributed by atoms with van der Waals surface area (Å²) < 4.78 is 14.8. The van der Waals surface area contributed by atoms with Crippen LogP contribution in [-0.2, 0) is 0 Å². The van der Waals surface area contributed by atoms with Crippen LogP contribution in [0.1, 0.15) is 10.4 Å². The third-order valence-corrected chi connectivity index (χ3v) is 5.50. The number of anilines is 1. The van der Waals surface area contributed by atoms with Crippen molar-refractivity contribution in [1.29, 1.82) is 0 Å². The minimum atomic E-state index is -0.325. The minimum absolute atomic E-state index is 0.0218. The lowest BCUT2D eigenvalue weighted by Gasteiger charge is -2.35. The van der Waals surface area contributed by atoms with Gasteiger partial charge in [-0.1, -0.05) is 16.8 Å². The van der Waals surface area contributed by atoms with E-state index < -0.39 is 0 Å². The number of rotatable bonds is 3. The third kappa shape index (κ3) is 3.68. The predicted molar refractivity (Wildman–Crippen MR) is 114 cm³/mol. The molecule has 1 amide bonds. The highest BCUT2D eigenvalue weighted by Gasteiger charge is 2.25. The average Bonchev–Trinajstić information content (AvgIpc) is 3.24. The lowest BCUT2D eigenvalue weighted by Crippen LogP contribution is -2.49. The first-order valence-corrected chi connectivity index (χ1v) is 10.1. The molecule has 8 nitrogen and oxygen atoms in total. The first-order valence-electron chi connectivity index (χ1n) is 9.72. The summed E-state index contributed by atoms with van der Waals surface area (Å²) in [4.78, 5) is 25.3. The van der Waals surface area contributed by atoms with Gasteiger partial charge in [0.1, 0.15) is 12.1 Å². The highest BCUT2D eigenvalue weighted by atomic mass is 35.5. The van der Waals surface area contributed by atoms with Gasteiger partial charge in [0.25, 0.3) is 5.91 Å². The third-order valence-electron chi connectivity index (χ3n) is 5.25. The maximum atomic E-state index is 13.3. The van der Waals surface area contributed by atoms with Crippen molar-refractivity contribution in [3.63, 3.8) is 0 Å². The van der Waals surface area contributed by atoms with Gasteiger partial charge in [0.2, 0.25) is 0 Å². The number of benzene rings is 2. The van der Waals surface area contributed by atoms with Gasteiger partial charge < -0.3 is 9.80 Å². The van der Waals surface area contributed by atoms with Gasteiger partial charge in [-0.05, 0) is 48.5 Å². The molecule has 0 aliphatic carbocycles. The Morgan fingerprint density at radius 1 is 0.935 bits per heavy atom. The molecule has 0 spiro atoms. The summed E-state index contributed by atoms with van der Waals surface area (Å²) in [5.74, 6) is 0.317. The summed E-state index contributed by atoms with van der Waals surface area (Å²) in [7, 11) is 0. The fourth-order valence-corrected chi connectivity index (χ4v) is 3.75. The number of hydrogen-bond acceptors (Lipinski definition) is 6. The Morgan fingerprint density at radius 2 is 1.65 bits per heavy atom. The molecule has 0 unspecified atom stereocenters. The molecule has 1 fully saturated rings. The summed E-state index contributed by atoms with van der Waals surface area (Å²) >= 11 is 5.91. The normalized spacial score (nSPS) is 14.3. The van der Waals surface area contributed by atoms with Crippen LogP contribution in [0.5, 0.6) is 0 Å². The topological polar surface area (TPSA) is 80.0 Å². The molecule has 2 aromatic heterocycles. The van der Waals surface area contributed by atoms with E-state index in [1.54, 1.807) is 41.1 Å². The van der Waals surface area contributed by atoms with Crippen molar-refractivity contribution in [3.05, 3.63) is 71.3 Å². The van der Waals surface area contributed by atoms with Gasteiger partial charge in [-0.15, -0.1) is 5.10 Å². The van der Waals surface area contributed by atoms with Crippen LogP contribution in [0.3, 0.4) is 0 Å². The number of carbonyl (C=O) groups excluding carboxylic acids is 1. The molecule has 5 rings (SSSR count). The lowest BCUT2D eigenvalue weighted by atomic mass is 10.2. The Labute approximate surface area is 181 Å². The Kier molecular flexibility index (Phi) is 4.95. The molecule has 0 atom stereocenters. The van der Waals surface area contributed by atoms with Gasteiger partial charge >= 0.3 is 0 Å². The van der Waals surface area contributed by atoms with Crippen LogP contribution in [0.4, 0.5) is 10.2 Å². The molecular weight excluding hydrogens is 421 g/mol. The Morgan fingerprint density at radius 3 is 2.35 bits per heavy atom. The van der Waals surface area contributed by atoms with Crippen molar-refractivity contribution >= 4 is 34.5 Å². The van der Waals surface area contributed by atoms with E-state index in [9.17, 15) is 9.18 Å². The number of halogens is 2. The van der Waals surface area contributed by atoms with Crippen LogP contribution in [0.15, 0.2) is 54.9 Å². The molecule has 156 valence electrons. The van der Waals surface area contributed by atoms with E-state index in [2.05, 4.69) is 25.2 Å². The minimum Gasteiger partial charge on any atom is -0.351 e. The molecule has 1 aliphatic heterocycles. The maximum Gasteiger partial charge on any atom is 0.253 e. The molecule has 1 aliphatic rings. The van der Waals surface area contributed by atoms with Crippen molar-refractivity contribution in [3.8, 4) is 5.69 Å². The molecular formula is C21H17ClFN7O. The first-order chi connectivity index (χ1) is 15.1. The van der Waals surface area contributed by atoms with Gasteiger partial charge in [-0.2, -0.15) is 4.68 Å². The zero-order valence-corrected chi connectivity index (χ0v) is 17.1. The molecule has 0 radical (unpaired) electrons. The molecule has 2 aromatic carbocycles. The van der Waals surface area contributed by atoms with Crippen molar-refractivity contribution in [2.24, 2.45) is 0 Å². The zero-order valence-electron chi connectivity index (χ0n) is 16.3. The van der Waals surface area contributed by atoms with E-state index in [-0.39, 0.29) is 11.7 Å². The van der Waals surface area contributed by atoms with Crippen LogP contribution in [-0.4, -0.2) is 61.9 Å². The number of hydrogen-bond donors (Lipinski definition) is 0. The number of carbonyl (C=O) groups is 1. The Bertz CT molecular complexity index is 1240. The largest absolute Gasteiger partial charge is 0.351 e. The standard InChI is InChI=1S/C21H17ClFN7O/c22-15-3-1-14(2-4-15)21(31)29-11-9-28(10-12-29)19-18-20(25-13-24-19)30(27-26-18)17-7-5-16(23)6-8-17/h1-8,13H,9-12H2. The van der Waals surface area contributed by atoms with Crippen LogP contribution in [0.25, 0.3) is 16.9 Å². The van der Waals surface area contributed by atoms with Crippen molar-refractivity contribution < 1.29 is 9.18 Å². The molecule has 1 saturated heterocycles. The highest BCUT2D eigenvalue weighted by Crippen LogP contribution is 2.24. The Balaban J connectivity index is 1.36. The number of piperazine rings is 1. The van der Waals surface area contributed by atoms with Crippen molar-refractivity contribution in [1.82, 2.24) is 29.9 Å². The summed E-state index contributed by atoms with van der Waals surface area (Å²) in [5, 5.41) is 9.04. The summed E-state index contributed by atoms with van der Waals surface area (Å²) in [6, 6.07) is 12.9. The number of nitrogens with zero attached hydrogens (tertiary/aromatic N) is 7. The van der Waals surface area contributed by atoms with Gasteiger partial charge in [-0.25, -0.2) is 14.4 Å². The highest BCUT2D eigenvalue weighted by molar-refractivity contribution is 6.30. The smallest absolute Gasteiger partial charge is 0.253 e. The SMILES string of the molecule is O=C(c1ccc(Cl)cc1)N1CCN(c2ncnc3c2nnn3-c2ccc(F)cc2)CC1. The summed E-state index contributed by atoms with van der Waals surface area (Å²) in [6.45, 7) is 2.32. The summed E-state index contributed by atoms with van der Waals surface area (Å²) in [5.41, 5.74) is 2.37. The van der Waals surface area contributed by atoms with Gasteiger partial charge in [0.15, 0.2) is 17.0 Å². The van der Waals surface area contributed by atoms with Crippen molar-refractivity contribution in [2.45, 2.75) is 0 Å². The van der Waals surface area contributed by atoms with E-state index in [4.69, 9.17) is 11.6 Å². The first kappa shape index (κ1) is 19.4. The second kappa shape index (κ2) is 7.92. The van der Waals surface area contributed by atoms with Crippen LogP contribution in [0.2, 0.25) is 5.02 Å². The van der Waals surface area contributed by atoms with Crippen LogP contribution in [0, 0.1) is 5.82 Å². The second-order valence-electron chi connectivity index (χ2n) is 7.13. The van der Waals surface area contributed by atoms with Gasteiger partial charge in [-0.3, -0.25) is 4.79 Å².